The Morgan fingerprint density at radius 3 is 2.09 bits per heavy atom. The van der Waals surface area contributed by atoms with Crippen molar-refractivity contribution in [1.29, 1.82) is 5.41 Å². The lowest BCUT2D eigenvalue weighted by atomic mass is 10.2. The third kappa shape index (κ3) is 3.09. The first-order chi connectivity index (χ1) is 10.2. The summed E-state index contributed by atoms with van der Waals surface area (Å²) in [5.74, 6) is 0. The van der Waals surface area contributed by atoms with Crippen LogP contribution in [-0.2, 0) is 25.0 Å². The molecule has 1 aromatic heterocycles. The first-order valence-corrected chi connectivity index (χ1v) is 10.7. The van der Waals surface area contributed by atoms with Crippen molar-refractivity contribution in [2.75, 3.05) is 0 Å². The van der Waals surface area contributed by atoms with Crippen LogP contribution in [0.1, 0.15) is 5.56 Å². The highest BCUT2D eigenvalue weighted by Gasteiger charge is 2.26. The Morgan fingerprint density at radius 1 is 1.05 bits per heavy atom. The number of hydrogen-bond donors (Lipinski definition) is 2. The molecule has 6 nitrogen and oxygen atoms in total. The lowest BCUT2D eigenvalue weighted by Gasteiger charge is -2.03. The molecular weight excluding hydrogens is 412 g/mol. The van der Waals surface area contributed by atoms with Crippen LogP contribution in [0.4, 0.5) is 0 Å². The Morgan fingerprint density at radius 2 is 1.59 bits per heavy atom. The van der Waals surface area contributed by atoms with Crippen molar-refractivity contribution in [1.82, 2.24) is 0 Å². The van der Waals surface area contributed by atoms with Crippen LogP contribution in [-0.4, -0.2) is 22.0 Å². The first kappa shape index (κ1) is 17.1. The molecule has 10 heteroatoms. The fraction of sp³-hybridized carbons (Fsp3) is 0.0833. The van der Waals surface area contributed by atoms with Crippen LogP contribution in [0.25, 0.3) is 0 Å². The molecule has 0 spiro atoms. The Balaban J connectivity index is 2.47. The second-order valence-electron chi connectivity index (χ2n) is 4.22. The molecule has 0 radical (unpaired) electrons. The largest absolute Gasteiger partial charge is 0.374 e. The van der Waals surface area contributed by atoms with E-state index in [1.54, 1.807) is 12.1 Å². The van der Waals surface area contributed by atoms with Crippen molar-refractivity contribution in [3.8, 4) is 0 Å². The molecule has 2 rings (SSSR count). The maximum absolute atomic E-state index is 12.5. The predicted octanol–water partition coefficient (Wildman–Crippen LogP) is 2.14. The van der Waals surface area contributed by atoms with E-state index in [1.807, 2.05) is 0 Å². The lowest BCUT2D eigenvalue weighted by molar-refractivity contribution is 0.598. The number of rotatable bonds is 4. The predicted molar refractivity (Wildman–Crippen MR) is 87.9 cm³/mol. The summed E-state index contributed by atoms with van der Waals surface area (Å²) in [6, 6.07) is 8.61. The Bertz CT molecular complexity index is 916. The van der Waals surface area contributed by atoms with Crippen molar-refractivity contribution < 1.29 is 16.8 Å². The van der Waals surface area contributed by atoms with Crippen LogP contribution >= 0.6 is 27.3 Å². The first-order valence-electron chi connectivity index (χ1n) is 5.78. The second kappa shape index (κ2) is 6.11. The van der Waals surface area contributed by atoms with E-state index in [-0.39, 0.29) is 13.3 Å². The summed E-state index contributed by atoms with van der Waals surface area (Å²) in [6.07, 6.45) is 0. The Hall–Kier alpha value is -1.23. The molecule has 118 valence electrons. The Labute approximate surface area is 140 Å². The molecule has 0 aliphatic heterocycles. The van der Waals surface area contributed by atoms with Gasteiger partial charge in [-0.25, -0.2) is 16.8 Å². The van der Waals surface area contributed by atoms with Crippen molar-refractivity contribution in [3.63, 3.8) is 0 Å². The summed E-state index contributed by atoms with van der Waals surface area (Å²) in [6.45, 7) is 0. The zero-order valence-corrected chi connectivity index (χ0v) is 15.0. The maximum atomic E-state index is 12.5. The number of benzene rings is 1. The van der Waals surface area contributed by atoms with E-state index in [9.17, 15) is 16.8 Å². The summed E-state index contributed by atoms with van der Waals surface area (Å²) in [4.78, 5) is 0.0748. The molecule has 3 N–H and O–H groups in total. The van der Waals surface area contributed by atoms with Gasteiger partial charge in [-0.05, 0) is 29.8 Å². The number of halogens is 1. The van der Waals surface area contributed by atoms with E-state index in [0.717, 1.165) is 11.6 Å². The van der Waals surface area contributed by atoms with Crippen molar-refractivity contribution in [2.24, 2.45) is 5.73 Å². The molecule has 0 amide bonds. The fourth-order valence-corrected chi connectivity index (χ4v) is 5.99. The van der Waals surface area contributed by atoms with Gasteiger partial charge in [-0.2, -0.15) is 0 Å². The molecule has 0 bridgehead atoms. The molecule has 0 saturated heterocycles. The standard InChI is InChI=1S/C12H11BrN2O4S3/c13-7-8-1-3-9(4-2-8)21(16,17)10-5-6-11(20-10)22(18,19)12(14)15/h1-6H,7H2,(H3,14,15). The summed E-state index contributed by atoms with van der Waals surface area (Å²) in [5, 5.41) is 6.64. The van der Waals surface area contributed by atoms with Gasteiger partial charge >= 0.3 is 0 Å². The molecule has 1 heterocycles. The number of amidine groups is 1. The molecule has 0 fully saturated rings. The zero-order chi connectivity index (χ0) is 16.5. The number of hydrogen-bond acceptors (Lipinski definition) is 6. The summed E-state index contributed by atoms with van der Waals surface area (Å²) < 4.78 is 48.1. The SMILES string of the molecule is N=C(N)S(=O)(=O)c1ccc(S(=O)(=O)c2ccc(CBr)cc2)s1. The quantitative estimate of drug-likeness (QED) is 0.444. The summed E-state index contributed by atoms with van der Waals surface area (Å²) in [7, 11) is -7.90. The number of nitrogens with two attached hydrogens (primary N) is 1. The molecule has 0 unspecified atom stereocenters. The average molecular weight is 423 g/mol. The van der Waals surface area contributed by atoms with E-state index >= 15 is 0 Å². The normalized spacial score (nSPS) is 12.2. The van der Waals surface area contributed by atoms with Crippen LogP contribution < -0.4 is 5.73 Å². The fourth-order valence-electron chi connectivity index (χ4n) is 1.57. The van der Waals surface area contributed by atoms with E-state index in [2.05, 4.69) is 15.9 Å². The van der Waals surface area contributed by atoms with Gasteiger partial charge in [0.2, 0.25) is 24.8 Å². The van der Waals surface area contributed by atoms with E-state index in [0.29, 0.717) is 16.7 Å². The third-order valence-corrected chi connectivity index (χ3v) is 8.71. The highest BCUT2D eigenvalue weighted by atomic mass is 79.9. The topological polar surface area (TPSA) is 118 Å². The minimum atomic E-state index is -4.10. The lowest BCUT2D eigenvalue weighted by Crippen LogP contribution is -2.21. The van der Waals surface area contributed by atoms with Crippen LogP contribution in [0.5, 0.6) is 0 Å². The number of nitrogens with one attached hydrogen (secondary N) is 1. The summed E-state index contributed by atoms with van der Waals surface area (Å²) in [5.41, 5.74) is 5.93. The minimum absolute atomic E-state index is 0.0748. The van der Waals surface area contributed by atoms with Crippen LogP contribution in [0.3, 0.4) is 0 Å². The van der Waals surface area contributed by atoms with Gasteiger partial charge in [0.15, 0.2) is 0 Å². The molecule has 2 aromatic rings. The smallest absolute Gasteiger partial charge is 0.248 e. The van der Waals surface area contributed by atoms with Crippen molar-refractivity contribution in [3.05, 3.63) is 42.0 Å². The van der Waals surface area contributed by atoms with Gasteiger partial charge in [0, 0.05) is 5.33 Å². The van der Waals surface area contributed by atoms with Gasteiger partial charge in [0.05, 0.1) is 4.90 Å². The number of sulfone groups is 2. The van der Waals surface area contributed by atoms with Crippen molar-refractivity contribution >= 4 is 52.1 Å². The van der Waals surface area contributed by atoms with E-state index < -0.39 is 24.8 Å². The third-order valence-electron chi connectivity index (χ3n) is 2.76. The van der Waals surface area contributed by atoms with Gasteiger partial charge in [-0.1, -0.05) is 28.1 Å². The zero-order valence-electron chi connectivity index (χ0n) is 11.0. The highest BCUT2D eigenvalue weighted by molar-refractivity contribution is 9.08. The van der Waals surface area contributed by atoms with Crippen LogP contribution in [0.15, 0.2) is 49.7 Å². The van der Waals surface area contributed by atoms with Gasteiger partial charge in [-0.3, -0.25) is 5.41 Å². The Kier molecular flexibility index (Phi) is 4.76. The molecule has 0 saturated carbocycles. The summed E-state index contributed by atoms with van der Waals surface area (Å²) >= 11 is 3.84. The molecule has 22 heavy (non-hydrogen) atoms. The monoisotopic (exact) mass is 422 g/mol. The average Bonchev–Trinajstić information content (AvgIpc) is 2.98. The van der Waals surface area contributed by atoms with Gasteiger partial charge in [-0.15, -0.1) is 11.3 Å². The van der Waals surface area contributed by atoms with Crippen molar-refractivity contribution in [2.45, 2.75) is 18.6 Å². The highest BCUT2D eigenvalue weighted by Crippen LogP contribution is 2.30. The van der Waals surface area contributed by atoms with Gasteiger partial charge < -0.3 is 5.73 Å². The van der Waals surface area contributed by atoms with Gasteiger partial charge in [0.1, 0.15) is 8.42 Å². The van der Waals surface area contributed by atoms with Crippen LogP contribution in [0.2, 0.25) is 0 Å². The number of thiophene rings is 1. The molecule has 0 atom stereocenters. The van der Waals surface area contributed by atoms with Crippen LogP contribution in [0, 0.1) is 5.41 Å². The minimum Gasteiger partial charge on any atom is -0.374 e. The molecule has 0 aliphatic carbocycles. The number of alkyl halides is 1. The maximum Gasteiger partial charge on any atom is 0.248 e. The molecule has 1 aromatic carbocycles. The molecule has 0 aliphatic rings. The second-order valence-corrected chi connectivity index (χ2v) is 10.2. The van der Waals surface area contributed by atoms with E-state index in [1.165, 1.54) is 18.2 Å². The molecular formula is C12H11BrN2O4S3. The van der Waals surface area contributed by atoms with E-state index in [4.69, 9.17) is 11.1 Å². The van der Waals surface area contributed by atoms with Gasteiger partial charge in [0.25, 0.3) is 0 Å².